The van der Waals surface area contributed by atoms with Crippen molar-refractivity contribution in [3.8, 4) is 0 Å². The highest BCUT2D eigenvalue weighted by atomic mass is 32.2. The van der Waals surface area contributed by atoms with Crippen LogP contribution in [0.3, 0.4) is 0 Å². The second-order valence-corrected chi connectivity index (χ2v) is 5.04. The Kier molecular flexibility index (Phi) is 6.68. The number of rotatable bonds is 5. The van der Waals surface area contributed by atoms with E-state index in [2.05, 4.69) is 18.2 Å². The monoisotopic (exact) mass is 230 g/mol. The lowest BCUT2D eigenvalue weighted by atomic mass is 10.2. The molecule has 1 rings (SSSR count). The molecule has 4 heteroatoms. The van der Waals surface area contributed by atoms with Gasteiger partial charge in [0.15, 0.2) is 0 Å². The van der Waals surface area contributed by atoms with Gasteiger partial charge >= 0.3 is 0 Å². The number of nitrogens with two attached hydrogens (primary N) is 1. The molecule has 0 heterocycles. The maximum atomic E-state index is 11.3. The third-order valence-corrected chi connectivity index (χ3v) is 3.31. The van der Waals surface area contributed by atoms with Crippen LogP contribution in [0.15, 0.2) is 12.7 Å². The van der Waals surface area contributed by atoms with Gasteiger partial charge in [-0.05, 0) is 38.1 Å². The van der Waals surface area contributed by atoms with Crippen molar-refractivity contribution >= 4 is 17.9 Å². The van der Waals surface area contributed by atoms with E-state index in [4.69, 9.17) is 5.73 Å². The minimum absolute atomic E-state index is 0.0991. The van der Waals surface area contributed by atoms with E-state index in [0.29, 0.717) is 6.42 Å². The molecule has 1 fully saturated rings. The summed E-state index contributed by atoms with van der Waals surface area (Å²) in [6.45, 7) is 9.67. The van der Waals surface area contributed by atoms with Gasteiger partial charge in [0.25, 0.3) is 0 Å². The van der Waals surface area contributed by atoms with Crippen LogP contribution in [0.1, 0.15) is 40.0 Å². The summed E-state index contributed by atoms with van der Waals surface area (Å²) in [5, 5.41) is 0. The molecule has 1 saturated carbocycles. The second-order valence-electron chi connectivity index (χ2n) is 3.65. The molecule has 0 radical (unpaired) electrons. The molecule has 1 unspecified atom stereocenters. The highest BCUT2D eigenvalue weighted by molar-refractivity contribution is 7.99. The van der Waals surface area contributed by atoms with Crippen LogP contribution in [0, 0.1) is 0 Å². The van der Waals surface area contributed by atoms with Crippen LogP contribution in [0.4, 0.5) is 0 Å². The summed E-state index contributed by atoms with van der Waals surface area (Å²) in [6, 6.07) is -0.452. The zero-order valence-corrected chi connectivity index (χ0v) is 10.7. The first-order valence-electron chi connectivity index (χ1n) is 5.42. The summed E-state index contributed by atoms with van der Waals surface area (Å²) in [5.74, 6) is -0.0991. The molecular weight excluding hydrogens is 208 g/mol. The minimum Gasteiger partial charge on any atom is -0.320 e. The Bertz CT molecular complexity index is 215. The molecule has 1 amide bonds. The van der Waals surface area contributed by atoms with Gasteiger partial charge in [-0.15, -0.1) is 6.58 Å². The van der Waals surface area contributed by atoms with E-state index in [1.54, 1.807) is 6.08 Å². The van der Waals surface area contributed by atoms with Crippen molar-refractivity contribution in [2.24, 2.45) is 5.73 Å². The summed E-state index contributed by atoms with van der Waals surface area (Å²) >= 11 is 1.49. The van der Waals surface area contributed by atoms with E-state index in [9.17, 15) is 4.79 Å². The first kappa shape index (κ1) is 14.5. The molecule has 1 aliphatic carbocycles. The molecule has 0 saturated heterocycles. The van der Waals surface area contributed by atoms with Gasteiger partial charge in [0.05, 0.1) is 6.04 Å². The summed E-state index contributed by atoms with van der Waals surface area (Å²) < 4.78 is 3.04. The van der Waals surface area contributed by atoms with E-state index in [0.717, 1.165) is 0 Å². The SMILES string of the molecule is C=CCC(N)C(=O)NSC1(C)CC1.CC. The first-order chi connectivity index (χ1) is 7.07. The molecule has 1 atom stereocenters. The van der Waals surface area contributed by atoms with Gasteiger partial charge in [0.1, 0.15) is 0 Å². The van der Waals surface area contributed by atoms with Crippen molar-refractivity contribution in [1.29, 1.82) is 0 Å². The van der Waals surface area contributed by atoms with Crippen molar-refractivity contribution < 1.29 is 4.79 Å². The zero-order chi connectivity index (χ0) is 11.9. The Hall–Kier alpha value is -0.480. The molecule has 0 bridgehead atoms. The quantitative estimate of drug-likeness (QED) is 0.562. The normalized spacial score (nSPS) is 18.1. The highest BCUT2D eigenvalue weighted by Crippen LogP contribution is 2.46. The first-order valence-corrected chi connectivity index (χ1v) is 6.23. The van der Waals surface area contributed by atoms with E-state index >= 15 is 0 Å². The Balaban J connectivity index is 0.000000921. The Labute approximate surface area is 97.0 Å². The maximum absolute atomic E-state index is 11.3. The van der Waals surface area contributed by atoms with Crippen LogP contribution in [0.25, 0.3) is 0 Å². The fraction of sp³-hybridized carbons (Fsp3) is 0.727. The maximum Gasteiger partial charge on any atom is 0.247 e. The largest absolute Gasteiger partial charge is 0.320 e. The lowest BCUT2D eigenvalue weighted by Gasteiger charge is -2.12. The van der Waals surface area contributed by atoms with Crippen LogP contribution < -0.4 is 10.5 Å². The van der Waals surface area contributed by atoms with Gasteiger partial charge in [-0.25, -0.2) is 0 Å². The molecule has 0 aromatic heterocycles. The fourth-order valence-electron chi connectivity index (χ4n) is 0.814. The smallest absolute Gasteiger partial charge is 0.247 e. The Morgan fingerprint density at radius 3 is 2.60 bits per heavy atom. The summed E-state index contributed by atoms with van der Waals surface area (Å²) in [6.07, 6.45) is 4.54. The topological polar surface area (TPSA) is 55.1 Å². The van der Waals surface area contributed by atoms with Crippen LogP contribution in [0.2, 0.25) is 0 Å². The van der Waals surface area contributed by atoms with Crippen LogP contribution in [-0.2, 0) is 4.79 Å². The van der Waals surface area contributed by atoms with Crippen LogP contribution >= 0.6 is 11.9 Å². The third kappa shape index (κ3) is 5.85. The molecule has 0 aromatic rings. The molecule has 0 aliphatic heterocycles. The van der Waals surface area contributed by atoms with Crippen molar-refractivity contribution in [3.63, 3.8) is 0 Å². The average molecular weight is 230 g/mol. The van der Waals surface area contributed by atoms with Crippen LogP contribution in [-0.4, -0.2) is 16.7 Å². The van der Waals surface area contributed by atoms with Gasteiger partial charge in [-0.1, -0.05) is 19.9 Å². The number of hydrogen-bond acceptors (Lipinski definition) is 3. The van der Waals surface area contributed by atoms with Crippen LogP contribution in [0.5, 0.6) is 0 Å². The number of carbonyl (C=O) groups is 1. The Morgan fingerprint density at radius 1 is 1.67 bits per heavy atom. The fourth-order valence-corrected chi connectivity index (χ4v) is 1.62. The molecule has 88 valence electrons. The molecule has 1 aliphatic rings. The third-order valence-electron chi connectivity index (χ3n) is 2.11. The van der Waals surface area contributed by atoms with E-state index < -0.39 is 6.04 Å². The van der Waals surface area contributed by atoms with E-state index in [-0.39, 0.29) is 10.7 Å². The molecule has 0 spiro atoms. The van der Waals surface area contributed by atoms with E-state index in [1.807, 2.05) is 13.8 Å². The number of amides is 1. The molecule has 0 aromatic carbocycles. The number of nitrogens with one attached hydrogen (secondary N) is 1. The Morgan fingerprint density at radius 2 is 2.20 bits per heavy atom. The van der Waals surface area contributed by atoms with Gasteiger partial charge in [-0.3, -0.25) is 9.52 Å². The second kappa shape index (κ2) is 6.90. The number of carbonyl (C=O) groups excluding carboxylic acids is 1. The van der Waals surface area contributed by atoms with Gasteiger partial charge < -0.3 is 5.73 Å². The standard InChI is InChI=1S/C9H16N2OS.C2H6/c1-3-4-7(10)8(12)11-13-9(2)5-6-9;1-2/h3,7H,1,4-6,10H2,2H3,(H,11,12);1-2H3. The average Bonchev–Trinajstić information content (AvgIpc) is 2.97. The lowest BCUT2D eigenvalue weighted by molar-refractivity contribution is -0.120. The van der Waals surface area contributed by atoms with Gasteiger partial charge in [-0.2, -0.15) is 0 Å². The van der Waals surface area contributed by atoms with Gasteiger partial charge in [0.2, 0.25) is 5.91 Å². The summed E-state index contributed by atoms with van der Waals surface area (Å²) in [7, 11) is 0. The predicted octanol–water partition coefficient (Wildman–Crippen LogP) is 2.23. The predicted molar refractivity (Wildman–Crippen MR) is 67.5 cm³/mol. The molecule has 3 nitrogen and oxygen atoms in total. The van der Waals surface area contributed by atoms with Crippen molar-refractivity contribution in [2.45, 2.75) is 50.8 Å². The van der Waals surface area contributed by atoms with Crippen molar-refractivity contribution in [1.82, 2.24) is 4.72 Å². The highest BCUT2D eigenvalue weighted by Gasteiger charge is 2.39. The van der Waals surface area contributed by atoms with Crippen molar-refractivity contribution in [2.75, 3.05) is 0 Å². The molecule has 3 N–H and O–H groups in total. The van der Waals surface area contributed by atoms with E-state index in [1.165, 1.54) is 24.8 Å². The van der Waals surface area contributed by atoms with Gasteiger partial charge in [0, 0.05) is 4.75 Å². The zero-order valence-electron chi connectivity index (χ0n) is 9.88. The number of hydrogen-bond donors (Lipinski definition) is 2. The summed E-state index contributed by atoms with van der Waals surface area (Å²) in [4.78, 5) is 11.3. The van der Waals surface area contributed by atoms with Crippen molar-refractivity contribution in [3.05, 3.63) is 12.7 Å². The lowest BCUT2D eigenvalue weighted by Crippen LogP contribution is -2.37. The molecular formula is C11H22N2OS. The molecule has 15 heavy (non-hydrogen) atoms. The summed E-state index contributed by atoms with van der Waals surface area (Å²) in [5.41, 5.74) is 5.58. The minimum atomic E-state index is -0.452.